The van der Waals surface area contributed by atoms with Crippen molar-refractivity contribution in [2.24, 2.45) is 0 Å². The summed E-state index contributed by atoms with van der Waals surface area (Å²) in [6.45, 7) is 7.82. The van der Waals surface area contributed by atoms with Crippen LogP contribution in [0, 0.1) is 13.8 Å². The van der Waals surface area contributed by atoms with Crippen LogP contribution in [0.1, 0.15) is 53.0 Å². The zero-order valence-corrected chi connectivity index (χ0v) is 22.9. The lowest BCUT2D eigenvalue weighted by atomic mass is 10.0. The van der Waals surface area contributed by atoms with E-state index >= 15 is 0 Å². The fourth-order valence-corrected chi connectivity index (χ4v) is 5.11. The maximum absolute atomic E-state index is 13.3. The second kappa shape index (κ2) is 11.6. The Bertz CT molecular complexity index is 1630. The van der Waals surface area contributed by atoms with Crippen LogP contribution in [-0.2, 0) is 19.6 Å². The lowest BCUT2D eigenvalue weighted by Crippen LogP contribution is -2.32. The van der Waals surface area contributed by atoms with Gasteiger partial charge in [-0.25, -0.2) is 4.68 Å². The average Bonchev–Trinajstić information content (AvgIpc) is 3.39. The number of hydrogen-bond acceptors (Lipinski definition) is 6. The zero-order valence-electron chi connectivity index (χ0n) is 22.9. The molecule has 0 fully saturated rings. The lowest BCUT2D eigenvalue weighted by Gasteiger charge is -2.30. The highest BCUT2D eigenvalue weighted by Gasteiger charge is 2.27. The first kappa shape index (κ1) is 26.3. The van der Waals surface area contributed by atoms with E-state index in [0.717, 1.165) is 45.6 Å². The second-order valence-corrected chi connectivity index (χ2v) is 9.97. The number of hydrogen-bond donors (Lipinski definition) is 1. The van der Waals surface area contributed by atoms with Gasteiger partial charge in [-0.3, -0.25) is 9.69 Å². The highest BCUT2D eigenvalue weighted by atomic mass is 16.5. The number of aryl methyl sites for hydroxylation is 2. The monoisotopic (exact) mass is 522 g/mol. The summed E-state index contributed by atoms with van der Waals surface area (Å²) in [6, 6.07) is 24.2. The Labute approximate surface area is 228 Å². The minimum Gasteiger partial charge on any atom is -0.496 e. The summed E-state index contributed by atoms with van der Waals surface area (Å²) in [4.78, 5) is 18.7. The van der Waals surface area contributed by atoms with Crippen LogP contribution < -0.4 is 10.3 Å². The molecule has 0 aliphatic heterocycles. The third kappa shape index (κ3) is 5.76. The van der Waals surface area contributed by atoms with Gasteiger partial charge in [-0.2, -0.15) is 0 Å². The molecule has 0 saturated carbocycles. The molecule has 0 bridgehead atoms. The quantitative estimate of drug-likeness (QED) is 0.266. The van der Waals surface area contributed by atoms with Crippen molar-refractivity contribution in [2.75, 3.05) is 7.11 Å². The van der Waals surface area contributed by atoms with Crippen molar-refractivity contribution in [3.63, 3.8) is 0 Å². The smallest absolute Gasteiger partial charge is 0.252 e. The van der Waals surface area contributed by atoms with Crippen molar-refractivity contribution in [2.45, 2.75) is 52.9 Å². The minimum absolute atomic E-state index is 0.0884. The maximum atomic E-state index is 13.3. The van der Waals surface area contributed by atoms with Crippen LogP contribution in [0.5, 0.6) is 5.75 Å². The summed E-state index contributed by atoms with van der Waals surface area (Å²) in [7, 11) is 1.68. The van der Waals surface area contributed by atoms with E-state index in [1.54, 1.807) is 7.11 Å². The summed E-state index contributed by atoms with van der Waals surface area (Å²) in [5.74, 6) is 1.57. The minimum atomic E-state index is -0.136. The Morgan fingerprint density at radius 1 is 0.949 bits per heavy atom. The number of ether oxygens (including phenoxy) is 1. The molecular formula is C31H34N6O2. The molecule has 0 aliphatic carbocycles. The Kier molecular flexibility index (Phi) is 7.84. The molecule has 8 heteroatoms. The number of nitrogens with zero attached hydrogens (tertiary/aromatic N) is 5. The van der Waals surface area contributed by atoms with Gasteiger partial charge in [0, 0.05) is 29.7 Å². The predicted octanol–water partition coefficient (Wildman–Crippen LogP) is 5.34. The van der Waals surface area contributed by atoms with Crippen molar-refractivity contribution in [3.05, 3.63) is 117 Å². The predicted molar refractivity (Wildman–Crippen MR) is 153 cm³/mol. The molecule has 0 amide bonds. The average molecular weight is 523 g/mol. The topological polar surface area (TPSA) is 88.9 Å². The molecule has 39 heavy (non-hydrogen) atoms. The molecule has 200 valence electrons. The number of H-pyrrole nitrogens is 1. The van der Waals surface area contributed by atoms with E-state index in [9.17, 15) is 4.79 Å². The van der Waals surface area contributed by atoms with Gasteiger partial charge in [-0.15, -0.1) is 5.10 Å². The highest BCUT2D eigenvalue weighted by molar-refractivity contribution is 5.80. The Morgan fingerprint density at radius 3 is 2.44 bits per heavy atom. The zero-order chi connectivity index (χ0) is 27.4. The van der Waals surface area contributed by atoms with Gasteiger partial charge in [0.15, 0.2) is 5.82 Å². The van der Waals surface area contributed by atoms with Gasteiger partial charge in [-0.05, 0) is 77.0 Å². The molecule has 0 radical (unpaired) electrons. The van der Waals surface area contributed by atoms with Gasteiger partial charge < -0.3 is 9.72 Å². The lowest BCUT2D eigenvalue weighted by molar-refractivity contribution is 0.159. The number of methoxy groups -OCH3 is 1. The molecule has 0 aliphatic rings. The van der Waals surface area contributed by atoms with Crippen molar-refractivity contribution < 1.29 is 4.74 Å². The molecule has 5 aromatic rings. The van der Waals surface area contributed by atoms with Crippen molar-refractivity contribution >= 4 is 10.9 Å². The maximum Gasteiger partial charge on any atom is 0.252 e. The van der Waals surface area contributed by atoms with Crippen LogP contribution in [0.25, 0.3) is 10.9 Å². The van der Waals surface area contributed by atoms with E-state index in [1.165, 1.54) is 5.56 Å². The third-order valence-electron chi connectivity index (χ3n) is 7.34. The van der Waals surface area contributed by atoms with Crippen LogP contribution in [0.4, 0.5) is 0 Å². The Balaban J connectivity index is 1.55. The molecule has 8 nitrogen and oxygen atoms in total. The number of tetrazole rings is 1. The molecule has 1 N–H and O–H groups in total. The van der Waals surface area contributed by atoms with E-state index in [0.29, 0.717) is 25.2 Å². The van der Waals surface area contributed by atoms with Crippen LogP contribution in [0.15, 0.2) is 77.6 Å². The van der Waals surface area contributed by atoms with Gasteiger partial charge >= 0.3 is 0 Å². The third-order valence-corrected chi connectivity index (χ3v) is 7.34. The number of para-hydroxylation sites is 1. The number of pyridine rings is 1. The summed E-state index contributed by atoms with van der Waals surface area (Å²) >= 11 is 0. The van der Waals surface area contributed by atoms with Gasteiger partial charge in [0.05, 0.1) is 19.7 Å². The van der Waals surface area contributed by atoms with E-state index < -0.39 is 0 Å². The van der Waals surface area contributed by atoms with Crippen LogP contribution in [0.3, 0.4) is 0 Å². The number of fused-ring (bicyclic) bond motifs is 1. The SMILES string of the molecule is CCC(c1nnnn1Cc1ccccc1)N(Cc1ccccc1OC)Cc1cc2cc(C)c(C)cc2[nH]c1=O. The standard InChI is InChI=1S/C31H34N6O2/c1-5-28(30-33-34-35-37(30)18-23-11-7-6-8-12-23)36(19-24-13-9-10-14-29(24)39-4)20-26-17-25-15-21(2)22(3)16-27(25)32-31(26)38/h6-17,28H,5,18-20H2,1-4H3,(H,32,38). The van der Waals surface area contributed by atoms with Gasteiger partial charge in [0.25, 0.3) is 5.56 Å². The van der Waals surface area contributed by atoms with E-state index in [2.05, 4.69) is 70.4 Å². The molecule has 2 aromatic heterocycles. The number of aromatic amines is 1. The van der Waals surface area contributed by atoms with Crippen LogP contribution >= 0.6 is 0 Å². The molecule has 2 heterocycles. The number of rotatable bonds is 10. The molecule has 0 saturated heterocycles. The van der Waals surface area contributed by atoms with E-state index in [-0.39, 0.29) is 11.6 Å². The van der Waals surface area contributed by atoms with Crippen molar-refractivity contribution in [1.82, 2.24) is 30.1 Å². The highest BCUT2D eigenvalue weighted by Crippen LogP contribution is 2.29. The first-order valence-corrected chi connectivity index (χ1v) is 13.3. The van der Waals surface area contributed by atoms with Crippen LogP contribution in [-0.4, -0.2) is 37.2 Å². The number of benzene rings is 3. The summed E-state index contributed by atoms with van der Waals surface area (Å²) < 4.78 is 7.53. The first-order valence-electron chi connectivity index (χ1n) is 13.3. The molecular weight excluding hydrogens is 488 g/mol. The van der Waals surface area contributed by atoms with Crippen molar-refractivity contribution in [3.8, 4) is 5.75 Å². The van der Waals surface area contributed by atoms with Gasteiger partial charge in [0.2, 0.25) is 0 Å². The molecule has 1 atom stereocenters. The first-order chi connectivity index (χ1) is 19.0. The number of nitrogens with one attached hydrogen (secondary N) is 1. The molecule has 0 spiro atoms. The van der Waals surface area contributed by atoms with Gasteiger partial charge in [0.1, 0.15) is 5.75 Å². The number of aromatic nitrogens is 5. The van der Waals surface area contributed by atoms with Crippen molar-refractivity contribution in [1.29, 1.82) is 0 Å². The molecule has 1 unspecified atom stereocenters. The Hall–Kier alpha value is -4.30. The molecule has 3 aromatic carbocycles. The fraction of sp³-hybridized carbons (Fsp3) is 0.290. The van der Waals surface area contributed by atoms with E-state index in [1.807, 2.05) is 53.2 Å². The summed E-state index contributed by atoms with van der Waals surface area (Å²) in [5.41, 5.74) is 5.95. The normalized spacial score (nSPS) is 12.2. The second-order valence-electron chi connectivity index (χ2n) is 9.97. The fourth-order valence-electron chi connectivity index (χ4n) is 5.11. The van der Waals surface area contributed by atoms with E-state index in [4.69, 9.17) is 4.74 Å². The van der Waals surface area contributed by atoms with Crippen LogP contribution in [0.2, 0.25) is 0 Å². The van der Waals surface area contributed by atoms with Gasteiger partial charge in [-0.1, -0.05) is 55.5 Å². The summed E-state index contributed by atoms with van der Waals surface area (Å²) in [5, 5.41) is 13.8. The molecule has 5 rings (SSSR count). The summed E-state index contributed by atoms with van der Waals surface area (Å²) in [6.07, 6.45) is 0.758. The largest absolute Gasteiger partial charge is 0.496 e. The Morgan fingerprint density at radius 2 is 1.67 bits per heavy atom.